The van der Waals surface area contributed by atoms with Crippen molar-refractivity contribution < 1.29 is 14.3 Å². The summed E-state index contributed by atoms with van der Waals surface area (Å²) in [5, 5.41) is 5.73. The molecule has 0 radical (unpaired) electrons. The van der Waals surface area contributed by atoms with Gasteiger partial charge in [-0.25, -0.2) is 9.97 Å². The number of imidazole rings is 1. The van der Waals surface area contributed by atoms with Crippen molar-refractivity contribution in [2.75, 3.05) is 25.1 Å². The van der Waals surface area contributed by atoms with E-state index in [1.807, 2.05) is 43.3 Å². The quantitative estimate of drug-likeness (QED) is 0.316. The standard InChI is InChI=1S/C23H21ClN4O3S/c1-2-30-12-13-31-18-9-5-16(6-10-18)21-26-19(15-3-7-17(24)8-4-15)20(27-21)22(29)28-23-25-11-14-32-23/h3-11,14H,2,12-13H2,1H3,(H,26,27)(H,25,28,29). The van der Waals surface area contributed by atoms with Gasteiger partial charge in [-0.3, -0.25) is 10.1 Å². The number of carbonyl (C=O) groups is 1. The van der Waals surface area contributed by atoms with E-state index >= 15 is 0 Å². The molecule has 0 bridgehead atoms. The molecular weight excluding hydrogens is 448 g/mol. The third-order valence-electron chi connectivity index (χ3n) is 4.53. The normalized spacial score (nSPS) is 10.8. The second kappa shape index (κ2) is 10.4. The van der Waals surface area contributed by atoms with E-state index in [-0.39, 0.29) is 5.91 Å². The number of rotatable bonds is 9. The molecule has 2 N–H and O–H groups in total. The van der Waals surface area contributed by atoms with Gasteiger partial charge in [-0.05, 0) is 43.3 Å². The number of aromatic amines is 1. The molecule has 9 heteroatoms. The summed E-state index contributed by atoms with van der Waals surface area (Å²) >= 11 is 7.38. The SMILES string of the molecule is CCOCCOc1ccc(-c2nc(-c3ccc(Cl)cc3)c(C(=O)Nc3nccs3)[nH]2)cc1. The van der Waals surface area contributed by atoms with Gasteiger partial charge in [0.1, 0.15) is 29.6 Å². The van der Waals surface area contributed by atoms with E-state index in [4.69, 9.17) is 26.1 Å². The van der Waals surface area contributed by atoms with Gasteiger partial charge in [0, 0.05) is 34.3 Å². The number of ether oxygens (including phenoxy) is 2. The number of H-pyrrole nitrogens is 1. The monoisotopic (exact) mass is 468 g/mol. The molecule has 0 aliphatic carbocycles. The molecule has 32 heavy (non-hydrogen) atoms. The molecule has 4 rings (SSSR count). The average molecular weight is 469 g/mol. The number of thiazole rings is 1. The molecule has 4 aromatic rings. The number of carbonyl (C=O) groups excluding carboxylic acids is 1. The first kappa shape index (κ1) is 22.0. The summed E-state index contributed by atoms with van der Waals surface area (Å²) in [6, 6.07) is 14.7. The van der Waals surface area contributed by atoms with Crippen molar-refractivity contribution in [1.82, 2.24) is 15.0 Å². The second-order valence-corrected chi connectivity index (χ2v) is 8.01. The molecule has 0 saturated carbocycles. The van der Waals surface area contributed by atoms with Crippen molar-refractivity contribution in [1.29, 1.82) is 0 Å². The molecule has 0 unspecified atom stereocenters. The maximum Gasteiger partial charge on any atom is 0.276 e. The van der Waals surface area contributed by atoms with Crippen molar-refractivity contribution in [2.24, 2.45) is 0 Å². The molecule has 0 aliphatic rings. The zero-order valence-corrected chi connectivity index (χ0v) is 18.9. The molecule has 164 valence electrons. The van der Waals surface area contributed by atoms with Gasteiger partial charge in [0.25, 0.3) is 5.91 Å². The fraction of sp³-hybridized carbons (Fsp3) is 0.174. The van der Waals surface area contributed by atoms with Crippen molar-refractivity contribution in [3.63, 3.8) is 0 Å². The fourth-order valence-electron chi connectivity index (χ4n) is 3.01. The van der Waals surface area contributed by atoms with Crippen LogP contribution in [0.5, 0.6) is 5.75 Å². The van der Waals surface area contributed by atoms with Crippen LogP contribution in [0, 0.1) is 0 Å². The summed E-state index contributed by atoms with van der Waals surface area (Å²) in [7, 11) is 0. The number of nitrogens with zero attached hydrogens (tertiary/aromatic N) is 2. The maximum absolute atomic E-state index is 13.0. The van der Waals surface area contributed by atoms with Gasteiger partial charge in [0.05, 0.1) is 6.61 Å². The minimum absolute atomic E-state index is 0.320. The third kappa shape index (κ3) is 5.34. The number of nitrogens with one attached hydrogen (secondary N) is 2. The lowest BCUT2D eigenvalue weighted by molar-refractivity contribution is 0.102. The van der Waals surface area contributed by atoms with Crippen LogP contribution in [-0.2, 0) is 4.74 Å². The van der Waals surface area contributed by atoms with E-state index in [9.17, 15) is 4.79 Å². The minimum atomic E-state index is -0.320. The van der Waals surface area contributed by atoms with E-state index in [2.05, 4.69) is 15.3 Å². The predicted octanol–water partition coefficient (Wildman–Crippen LogP) is 5.52. The Balaban J connectivity index is 1.61. The number of benzene rings is 2. The Morgan fingerprint density at radius 2 is 1.84 bits per heavy atom. The lowest BCUT2D eigenvalue weighted by Crippen LogP contribution is -2.13. The summed E-state index contributed by atoms with van der Waals surface area (Å²) in [6.07, 6.45) is 1.64. The van der Waals surface area contributed by atoms with Crippen molar-refractivity contribution in [3.8, 4) is 28.4 Å². The van der Waals surface area contributed by atoms with Gasteiger partial charge in [0.15, 0.2) is 5.13 Å². The first-order chi connectivity index (χ1) is 15.6. The Morgan fingerprint density at radius 3 is 2.53 bits per heavy atom. The summed E-state index contributed by atoms with van der Waals surface area (Å²) in [5.74, 6) is 0.985. The van der Waals surface area contributed by atoms with E-state index in [1.165, 1.54) is 11.3 Å². The molecule has 0 atom stereocenters. The number of aromatic nitrogens is 3. The van der Waals surface area contributed by atoms with Crippen LogP contribution in [0.1, 0.15) is 17.4 Å². The molecule has 1 amide bonds. The molecule has 2 heterocycles. The first-order valence-electron chi connectivity index (χ1n) is 10.0. The maximum atomic E-state index is 13.0. The minimum Gasteiger partial charge on any atom is -0.491 e. The molecule has 2 aromatic carbocycles. The van der Waals surface area contributed by atoms with Gasteiger partial charge in [0.2, 0.25) is 0 Å². The average Bonchev–Trinajstić information content (AvgIpc) is 3.48. The Hall–Kier alpha value is -3.20. The number of amides is 1. The number of hydrogen-bond acceptors (Lipinski definition) is 6. The lowest BCUT2D eigenvalue weighted by atomic mass is 10.1. The Labute approximate surface area is 194 Å². The highest BCUT2D eigenvalue weighted by Gasteiger charge is 2.20. The van der Waals surface area contributed by atoms with Gasteiger partial charge in [-0.15, -0.1) is 11.3 Å². The molecule has 2 aromatic heterocycles. The molecule has 0 saturated heterocycles. The largest absolute Gasteiger partial charge is 0.491 e. The summed E-state index contributed by atoms with van der Waals surface area (Å²) in [5.41, 5.74) is 2.47. The highest BCUT2D eigenvalue weighted by atomic mass is 35.5. The first-order valence-corrected chi connectivity index (χ1v) is 11.3. The van der Waals surface area contributed by atoms with Crippen LogP contribution < -0.4 is 10.1 Å². The predicted molar refractivity (Wildman–Crippen MR) is 127 cm³/mol. The highest BCUT2D eigenvalue weighted by Crippen LogP contribution is 2.29. The van der Waals surface area contributed by atoms with E-state index in [0.29, 0.717) is 47.2 Å². The van der Waals surface area contributed by atoms with Crippen LogP contribution in [0.2, 0.25) is 5.02 Å². The zero-order chi connectivity index (χ0) is 22.3. The van der Waals surface area contributed by atoms with Crippen LogP contribution in [0.25, 0.3) is 22.6 Å². The lowest BCUT2D eigenvalue weighted by Gasteiger charge is -2.06. The summed E-state index contributed by atoms with van der Waals surface area (Å²) in [4.78, 5) is 25.0. The Kier molecular flexibility index (Phi) is 7.16. The van der Waals surface area contributed by atoms with Crippen LogP contribution in [0.15, 0.2) is 60.1 Å². The van der Waals surface area contributed by atoms with E-state index in [0.717, 1.165) is 16.9 Å². The molecule has 0 aliphatic heterocycles. The Bertz CT molecular complexity index is 1160. The van der Waals surface area contributed by atoms with Crippen molar-refractivity contribution in [2.45, 2.75) is 6.92 Å². The molecule has 7 nitrogen and oxygen atoms in total. The van der Waals surface area contributed by atoms with Gasteiger partial charge < -0.3 is 14.5 Å². The number of anilines is 1. The van der Waals surface area contributed by atoms with Crippen LogP contribution in [0.3, 0.4) is 0 Å². The van der Waals surface area contributed by atoms with Gasteiger partial charge >= 0.3 is 0 Å². The smallest absolute Gasteiger partial charge is 0.276 e. The topological polar surface area (TPSA) is 89.1 Å². The molecular formula is C23H21ClN4O3S. The van der Waals surface area contributed by atoms with Crippen LogP contribution in [-0.4, -0.2) is 40.7 Å². The number of hydrogen-bond donors (Lipinski definition) is 2. The second-order valence-electron chi connectivity index (χ2n) is 6.68. The Morgan fingerprint density at radius 1 is 1.09 bits per heavy atom. The number of halogens is 1. The fourth-order valence-corrected chi connectivity index (χ4v) is 3.66. The zero-order valence-electron chi connectivity index (χ0n) is 17.3. The summed E-state index contributed by atoms with van der Waals surface area (Å²) < 4.78 is 11.0. The third-order valence-corrected chi connectivity index (χ3v) is 5.47. The highest BCUT2D eigenvalue weighted by molar-refractivity contribution is 7.13. The van der Waals surface area contributed by atoms with Crippen LogP contribution >= 0.6 is 22.9 Å². The van der Waals surface area contributed by atoms with Gasteiger partial charge in [-0.2, -0.15) is 0 Å². The van der Waals surface area contributed by atoms with Crippen molar-refractivity contribution >= 4 is 34.0 Å². The van der Waals surface area contributed by atoms with E-state index < -0.39 is 0 Å². The van der Waals surface area contributed by atoms with E-state index in [1.54, 1.807) is 23.7 Å². The van der Waals surface area contributed by atoms with Crippen molar-refractivity contribution in [3.05, 3.63) is 70.8 Å². The summed E-state index contributed by atoms with van der Waals surface area (Å²) in [6.45, 7) is 3.63. The molecule has 0 spiro atoms. The van der Waals surface area contributed by atoms with Crippen LogP contribution in [0.4, 0.5) is 5.13 Å². The molecule has 0 fully saturated rings. The van der Waals surface area contributed by atoms with Gasteiger partial charge in [-0.1, -0.05) is 23.7 Å².